The molecule has 0 radical (unpaired) electrons. The molecular weight excluding hydrogens is 218 g/mol. The van der Waals surface area contributed by atoms with Gasteiger partial charge in [-0.15, -0.1) is 0 Å². The number of hydrogen-bond acceptors (Lipinski definition) is 5. The van der Waals surface area contributed by atoms with Gasteiger partial charge in [-0.25, -0.2) is 14.6 Å². The average molecular weight is 229 g/mol. The second kappa shape index (κ2) is 3.31. The van der Waals surface area contributed by atoms with E-state index in [1.807, 2.05) is 20.0 Å². The molecule has 0 bridgehead atoms. The van der Waals surface area contributed by atoms with Crippen LogP contribution in [0.1, 0.15) is 5.76 Å². The first-order valence-electron chi connectivity index (χ1n) is 5.15. The van der Waals surface area contributed by atoms with Crippen LogP contribution in [-0.4, -0.2) is 19.7 Å². The number of fused-ring (bicyclic) bond motifs is 1. The SMILES string of the molecule is Cc1cc(-c2nn(C)c3ncnc(N)c23)co1. The topological polar surface area (TPSA) is 82.8 Å². The summed E-state index contributed by atoms with van der Waals surface area (Å²) in [5.41, 5.74) is 8.23. The van der Waals surface area contributed by atoms with E-state index in [0.29, 0.717) is 11.5 Å². The van der Waals surface area contributed by atoms with Crippen LogP contribution in [0.15, 0.2) is 23.1 Å². The Morgan fingerprint density at radius 2 is 2.18 bits per heavy atom. The Kier molecular flexibility index (Phi) is 1.91. The van der Waals surface area contributed by atoms with Crippen molar-refractivity contribution >= 4 is 16.9 Å². The predicted molar refractivity (Wildman–Crippen MR) is 63.2 cm³/mol. The Morgan fingerprint density at radius 3 is 2.88 bits per heavy atom. The first-order chi connectivity index (χ1) is 8.16. The summed E-state index contributed by atoms with van der Waals surface area (Å²) in [4.78, 5) is 8.17. The van der Waals surface area contributed by atoms with Gasteiger partial charge in [0.15, 0.2) is 5.65 Å². The van der Waals surface area contributed by atoms with E-state index in [4.69, 9.17) is 10.2 Å². The Labute approximate surface area is 97.1 Å². The first kappa shape index (κ1) is 9.83. The number of furan rings is 1. The predicted octanol–water partition coefficient (Wildman–Crippen LogP) is 1.51. The van der Waals surface area contributed by atoms with E-state index in [1.54, 1.807) is 10.9 Å². The lowest BCUT2D eigenvalue weighted by Gasteiger charge is -1.95. The summed E-state index contributed by atoms with van der Waals surface area (Å²) in [7, 11) is 1.82. The van der Waals surface area contributed by atoms with Gasteiger partial charge in [0.1, 0.15) is 29.9 Å². The Morgan fingerprint density at radius 1 is 1.35 bits per heavy atom. The second-order valence-electron chi connectivity index (χ2n) is 3.88. The van der Waals surface area contributed by atoms with Gasteiger partial charge in [-0.3, -0.25) is 0 Å². The summed E-state index contributed by atoms with van der Waals surface area (Å²) < 4.78 is 6.97. The summed E-state index contributed by atoms with van der Waals surface area (Å²) in [6, 6.07) is 1.91. The van der Waals surface area contributed by atoms with E-state index in [9.17, 15) is 0 Å². The minimum absolute atomic E-state index is 0.428. The largest absolute Gasteiger partial charge is 0.469 e. The van der Waals surface area contributed by atoms with Crippen LogP contribution >= 0.6 is 0 Å². The van der Waals surface area contributed by atoms with Gasteiger partial charge in [0, 0.05) is 12.6 Å². The molecule has 0 saturated carbocycles. The van der Waals surface area contributed by atoms with Crippen molar-refractivity contribution in [2.45, 2.75) is 6.92 Å². The summed E-state index contributed by atoms with van der Waals surface area (Å²) in [6.07, 6.45) is 3.09. The van der Waals surface area contributed by atoms with Crippen LogP contribution in [-0.2, 0) is 7.05 Å². The molecule has 0 unspecified atom stereocenters. The molecule has 0 aromatic carbocycles. The minimum atomic E-state index is 0.428. The fourth-order valence-corrected chi connectivity index (χ4v) is 1.88. The number of nitrogen functional groups attached to an aromatic ring is 1. The van der Waals surface area contributed by atoms with Crippen LogP contribution in [0.5, 0.6) is 0 Å². The summed E-state index contributed by atoms with van der Waals surface area (Å²) in [6.45, 7) is 1.88. The molecule has 0 atom stereocenters. The lowest BCUT2D eigenvalue weighted by atomic mass is 10.2. The zero-order valence-electron chi connectivity index (χ0n) is 9.51. The van der Waals surface area contributed by atoms with E-state index in [1.165, 1.54) is 6.33 Å². The number of nitrogens with zero attached hydrogens (tertiary/aromatic N) is 4. The molecule has 0 aliphatic rings. The fraction of sp³-hybridized carbons (Fsp3) is 0.182. The zero-order valence-corrected chi connectivity index (χ0v) is 9.51. The van der Waals surface area contributed by atoms with Gasteiger partial charge >= 0.3 is 0 Å². The zero-order chi connectivity index (χ0) is 12.0. The minimum Gasteiger partial charge on any atom is -0.469 e. The standard InChI is InChI=1S/C11H11N5O/c1-6-3-7(4-17-6)9-8-10(12)13-5-14-11(8)16(2)15-9/h3-5H,1-2H3,(H2,12,13,14). The van der Waals surface area contributed by atoms with E-state index in [0.717, 1.165) is 22.4 Å². The van der Waals surface area contributed by atoms with Crippen molar-refractivity contribution in [1.82, 2.24) is 19.7 Å². The van der Waals surface area contributed by atoms with Crippen LogP contribution in [0, 0.1) is 6.92 Å². The van der Waals surface area contributed by atoms with Gasteiger partial charge in [-0.2, -0.15) is 5.10 Å². The van der Waals surface area contributed by atoms with Crippen LogP contribution in [0.3, 0.4) is 0 Å². The molecule has 6 heteroatoms. The number of aromatic nitrogens is 4. The van der Waals surface area contributed by atoms with E-state index >= 15 is 0 Å². The summed E-state index contributed by atoms with van der Waals surface area (Å²) >= 11 is 0. The molecule has 2 N–H and O–H groups in total. The summed E-state index contributed by atoms with van der Waals surface area (Å²) in [5.74, 6) is 1.26. The highest BCUT2D eigenvalue weighted by Gasteiger charge is 2.16. The van der Waals surface area contributed by atoms with E-state index < -0.39 is 0 Å². The monoisotopic (exact) mass is 229 g/mol. The number of hydrogen-bond donors (Lipinski definition) is 1. The van der Waals surface area contributed by atoms with Crippen LogP contribution in [0.2, 0.25) is 0 Å². The molecule has 0 aliphatic heterocycles. The molecule has 0 aliphatic carbocycles. The molecule has 3 aromatic rings. The summed E-state index contributed by atoms with van der Waals surface area (Å²) in [5, 5.41) is 5.17. The van der Waals surface area contributed by atoms with E-state index in [2.05, 4.69) is 15.1 Å². The Balaban J connectivity index is 2.37. The quantitative estimate of drug-likeness (QED) is 0.683. The Hall–Kier alpha value is -2.37. The Bertz CT molecular complexity index is 697. The van der Waals surface area contributed by atoms with Crippen molar-refractivity contribution in [3.05, 3.63) is 24.4 Å². The molecule has 3 rings (SSSR count). The van der Waals surface area contributed by atoms with Crippen molar-refractivity contribution in [3.8, 4) is 11.3 Å². The molecule has 0 saturated heterocycles. The molecule has 0 spiro atoms. The highest BCUT2D eigenvalue weighted by Crippen LogP contribution is 2.30. The smallest absolute Gasteiger partial charge is 0.163 e. The number of rotatable bonds is 1. The third-order valence-corrected chi connectivity index (χ3v) is 2.65. The van der Waals surface area contributed by atoms with Gasteiger partial charge in [0.2, 0.25) is 0 Å². The maximum absolute atomic E-state index is 5.88. The van der Waals surface area contributed by atoms with Crippen molar-refractivity contribution < 1.29 is 4.42 Å². The normalized spacial score (nSPS) is 11.2. The number of nitrogens with two attached hydrogens (primary N) is 1. The third kappa shape index (κ3) is 1.37. The lowest BCUT2D eigenvalue weighted by Crippen LogP contribution is -1.95. The van der Waals surface area contributed by atoms with Crippen molar-refractivity contribution in [2.75, 3.05) is 5.73 Å². The molecule has 3 aromatic heterocycles. The van der Waals surface area contributed by atoms with Gasteiger partial charge in [-0.1, -0.05) is 0 Å². The molecular formula is C11H11N5O. The third-order valence-electron chi connectivity index (χ3n) is 2.65. The number of aryl methyl sites for hydroxylation is 2. The fourth-order valence-electron chi connectivity index (χ4n) is 1.88. The maximum atomic E-state index is 5.88. The average Bonchev–Trinajstić information content (AvgIpc) is 2.85. The van der Waals surface area contributed by atoms with E-state index in [-0.39, 0.29) is 0 Å². The van der Waals surface area contributed by atoms with Gasteiger partial charge < -0.3 is 10.2 Å². The molecule has 3 heterocycles. The second-order valence-corrected chi connectivity index (χ2v) is 3.88. The lowest BCUT2D eigenvalue weighted by molar-refractivity contribution is 0.535. The molecule has 86 valence electrons. The van der Waals surface area contributed by atoms with Crippen LogP contribution in [0.25, 0.3) is 22.3 Å². The van der Waals surface area contributed by atoms with Gasteiger partial charge in [0.25, 0.3) is 0 Å². The van der Waals surface area contributed by atoms with Crippen molar-refractivity contribution in [3.63, 3.8) is 0 Å². The molecule has 0 amide bonds. The van der Waals surface area contributed by atoms with Gasteiger partial charge in [0.05, 0.1) is 5.39 Å². The van der Waals surface area contributed by atoms with Crippen LogP contribution in [0.4, 0.5) is 5.82 Å². The highest BCUT2D eigenvalue weighted by atomic mass is 16.3. The molecule has 6 nitrogen and oxygen atoms in total. The van der Waals surface area contributed by atoms with Crippen molar-refractivity contribution in [2.24, 2.45) is 7.05 Å². The van der Waals surface area contributed by atoms with Crippen LogP contribution < -0.4 is 5.73 Å². The number of anilines is 1. The first-order valence-corrected chi connectivity index (χ1v) is 5.15. The molecule has 0 fully saturated rings. The van der Waals surface area contributed by atoms with Crippen molar-refractivity contribution in [1.29, 1.82) is 0 Å². The maximum Gasteiger partial charge on any atom is 0.163 e. The van der Waals surface area contributed by atoms with Gasteiger partial charge in [-0.05, 0) is 13.0 Å². The highest BCUT2D eigenvalue weighted by molar-refractivity contribution is 5.98. The molecule has 17 heavy (non-hydrogen) atoms.